The number of hydrogen-bond donors (Lipinski definition) is 2. The van der Waals surface area contributed by atoms with Crippen LogP contribution < -0.4 is 5.32 Å². The van der Waals surface area contributed by atoms with Crippen LogP contribution >= 0.6 is 0 Å². The van der Waals surface area contributed by atoms with Crippen LogP contribution in [0.1, 0.15) is 18.9 Å². The van der Waals surface area contributed by atoms with E-state index in [9.17, 15) is 4.79 Å². The van der Waals surface area contributed by atoms with Crippen LogP contribution in [-0.4, -0.2) is 16.1 Å². The Morgan fingerprint density at radius 3 is 3.18 bits per heavy atom. The van der Waals surface area contributed by atoms with E-state index in [1.54, 1.807) is 12.4 Å². The van der Waals surface area contributed by atoms with Crippen LogP contribution in [0, 0.1) is 0 Å². The van der Waals surface area contributed by atoms with E-state index in [0.29, 0.717) is 13.0 Å². The summed E-state index contributed by atoms with van der Waals surface area (Å²) >= 11 is 0. The van der Waals surface area contributed by atoms with Crippen molar-refractivity contribution in [1.29, 1.82) is 0 Å². The molecule has 1 heterocycles. The topological polar surface area (TPSA) is 57.8 Å². The molecule has 1 rings (SSSR count). The SMILES string of the molecule is CCC(=O)NCc1cn[nH]c1. The average Bonchev–Trinajstić information content (AvgIpc) is 2.52. The molecule has 0 saturated heterocycles. The third kappa shape index (κ3) is 2.41. The number of aromatic nitrogens is 2. The summed E-state index contributed by atoms with van der Waals surface area (Å²) in [5.41, 5.74) is 0.992. The second-order valence-electron chi connectivity index (χ2n) is 2.24. The zero-order valence-corrected chi connectivity index (χ0v) is 6.42. The Labute approximate surface area is 65.0 Å². The van der Waals surface area contributed by atoms with Crippen molar-refractivity contribution in [2.24, 2.45) is 0 Å². The summed E-state index contributed by atoms with van der Waals surface area (Å²) in [7, 11) is 0. The minimum absolute atomic E-state index is 0.0613. The molecule has 0 atom stereocenters. The molecule has 0 fully saturated rings. The lowest BCUT2D eigenvalue weighted by molar-refractivity contribution is -0.120. The van der Waals surface area contributed by atoms with E-state index in [0.717, 1.165) is 5.56 Å². The summed E-state index contributed by atoms with van der Waals surface area (Å²) < 4.78 is 0. The molecule has 4 nitrogen and oxygen atoms in total. The molecule has 1 aromatic heterocycles. The number of rotatable bonds is 3. The third-order valence-electron chi connectivity index (χ3n) is 1.37. The lowest BCUT2D eigenvalue weighted by Crippen LogP contribution is -2.20. The van der Waals surface area contributed by atoms with Crippen LogP contribution in [0.2, 0.25) is 0 Å². The first-order valence-corrected chi connectivity index (χ1v) is 3.57. The van der Waals surface area contributed by atoms with Crippen molar-refractivity contribution >= 4 is 5.91 Å². The Balaban J connectivity index is 2.29. The normalized spacial score (nSPS) is 9.55. The number of aromatic amines is 1. The highest BCUT2D eigenvalue weighted by Crippen LogP contribution is 1.91. The molecule has 2 N–H and O–H groups in total. The fourth-order valence-corrected chi connectivity index (χ4v) is 0.700. The van der Waals surface area contributed by atoms with Crippen molar-refractivity contribution < 1.29 is 4.79 Å². The third-order valence-corrected chi connectivity index (χ3v) is 1.37. The van der Waals surface area contributed by atoms with Crippen LogP contribution in [0.25, 0.3) is 0 Å². The second kappa shape index (κ2) is 3.75. The van der Waals surface area contributed by atoms with Gasteiger partial charge in [-0.25, -0.2) is 0 Å². The molecule has 0 bridgehead atoms. The molecule has 11 heavy (non-hydrogen) atoms. The van der Waals surface area contributed by atoms with Gasteiger partial charge in [-0.1, -0.05) is 6.92 Å². The summed E-state index contributed by atoms with van der Waals surface area (Å²) in [5.74, 6) is 0.0613. The molecular formula is C7H11N3O. The van der Waals surface area contributed by atoms with E-state index in [-0.39, 0.29) is 5.91 Å². The molecule has 0 unspecified atom stereocenters. The number of hydrogen-bond acceptors (Lipinski definition) is 2. The molecule has 0 aliphatic heterocycles. The number of nitrogens with one attached hydrogen (secondary N) is 2. The van der Waals surface area contributed by atoms with Gasteiger partial charge in [0.05, 0.1) is 6.20 Å². The number of amides is 1. The minimum Gasteiger partial charge on any atom is -0.352 e. The summed E-state index contributed by atoms with van der Waals surface area (Å²) in [5, 5.41) is 9.16. The number of nitrogens with zero attached hydrogens (tertiary/aromatic N) is 1. The van der Waals surface area contributed by atoms with Crippen molar-refractivity contribution in [1.82, 2.24) is 15.5 Å². The molecule has 0 saturated carbocycles. The summed E-state index contributed by atoms with van der Waals surface area (Å²) in [6.45, 7) is 2.38. The van der Waals surface area contributed by atoms with Crippen LogP contribution in [0.5, 0.6) is 0 Å². The number of H-pyrrole nitrogens is 1. The van der Waals surface area contributed by atoms with Gasteiger partial charge in [-0.2, -0.15) is 5.10 Å². The highest BCUT2D eigenvalue weighted by Gasteiger charge is 1.96. The highest BCUT2D eigenvalue weighted by atomic mass is 16.1. The van der Waals surface area contributed by atoms with Crippen molar-refractivity contribution in [3.63, 3.8) is 0 Å². The van der Waals surface area contributed by atoms with Crippen molar-refractivity contribution in [2.75, 3.05) is 0 Å². The number of carbonyl (C=O) groups excluding carboxylic acids is 1. The van der Waals surface area contributed by atoms with E-state index in [1.807, 2.05) is 6.92 Å². The predicted molar refractivity (Wildman–Crippen MR) is 40.7 cm³/mol. The Morgan fingerprint density at radius 1 is 1.82 bits per heavy atom. The van der Waals surface area contributed by atoms with Gasteiger partial charge in [-0.15, -0.1) is 0 Å². The van der Waals surface area contributed by atoms with Crippen molar-refractivity contribution in [2.45, 2.75) is 19.9 Å². The van der Waals surface area contributed by atoms with Crippen molar-refractivity contribution in [3.8, 4) is 0 Å². The lowest BCUT2D eigenvalue weighted by Gasteiger charge is -1.98. The van der Waals surface area contributed by atoms with Gasteiger partial charge in [0.15, 0.2) is 0 Å². The Hall–Kier alpha value is -1.32. The van der Waals surface area contributed by atoms with Gasteiger partial charge < -0.3 is 5.32 Å². The first-order valence-electron chi connectivity index (χ1n) is 3.57. The molecule has 1 amide bonds. The smallest absolute Gasteiger partial charge is 0.219 e. The minimum atomic E-state index is 0.0613. The van der Waals surface area contributed by atoms with Crippen LogP contribution in [0.4, 0.5) is 0 Å². The molecule has 1 aromatic rings. The Morgan fingerprint density at radius 2 is 2.64 bits per heavy atom. The maximum Gasteiger partial charge on any atom is 0.219 e. The molecule has 0 spiro atoms. The summed E-state index contributed by atoms with van der Waals surface area (Å²) in [4.78, 5) is 10.8. The van der Waals surface area contributed by atoms with E-state index in [4.69, 9.17) is 0 Å². The average molecular weight is 153 g/mol. The standard InChI is InChI=1S/C7H11N3O/c1-2-7(11)8-3-6-4-9-10-5-6/h4-5H,2-3H2,1H3,(H,8,11)(H,9,10). The first kappa shape index (κ1) is 7.78. The first-order chi connectivity index (χ1) is 5.33. The summed E-state index contributed by atoms with van der Waals surface area (Å²) in [6.07, 6.45) is 3.98. The fraction of sp³-hybridized carbons (Fsp3) is 0.429. The zero-order valence-electron chi connectivity index (χ0n) is 6.42. The van der Waals surface area contributed by atoms with Crippen molar-refractivity contribution in [3.05, 3.63) is 18.0 Å². The zero-order chi connectivity index (χ0) is 8.10. The molecule has 0 aliphatic carbocycles. The van der Waals surface area contributed by atoms with Gasteiger partial charge in [0.2, 0.25) is 5.91 Å². The highest BCUT2D eigenvalue weighted by molar-refractivity contribution is 5.75. The van der Waals surface area contributed by atoms with E-state index in [1.165, 1.54) is 0 Å². The molecule has 0 aliphatic rings. The van der Waals surface area contributed by atoms with E-state index < -0.39 is 0 Å². The molecule has 60 valence electrons. The van der Waals surface area contributed by atoms with Gasteiger partial charge in [0.25, 0.3) is 0 Å². The molecule has 4 heteroatoms. The maximum atomic E-state index is 10.8. The van der Waals surface area contributed by atoms with Crippen LogP contribution in [-0.2, 0) is 11.3 Å². The molecule has 0 radical (unpaired) electrons. The molecular weight excluding hydrogens is 142 g/mol. The van der Waals surface area contributed by atoms with Gasteiger partial charge in [-0.05, 0) is 0 Å². The van der Waals surface area contributed by atoms with Crippen LogP contribution in [0.15, 0.2) is 12.4 Å². The number of carbonyl (C=O) groups is 1. The quantitative estimate of drug-likeness (QED) is 0.661. The van der Waals surface area contributed by atoms with E-state index in [2.05, 4.69) is 15.5 Å². The monoisotopic (exact) mass is 153 g/mol. The van der Waals surface area contributed by atoms with Gasteiger partial charge >= 0.3 is 0 Å². The van der Waals surface area contributed by atoms with Gasteiger partial charge in [-0.3, -0.25) is 9.89 Å². The van der Waals surface area contributed by atoms with E-state index >= 15 is 0 Å². The predicted octanol–water partition coefficient (Wildman–Crippen LogP) is 0.436. The Kier molecular flexibility index (Phi) is 2.66. The maximum absolute atomic E-state index is 10.8. The fourth-order valence-electron chi connectivity index (χ4n) is 0.700. The lowest BCUT2D eigenvalue weighted by atomic mass is 10.3. The summed E-state index contributed by atoms with van der Waals surface area (Å²) in [6, 6.07) is 0. The van der Waals surface area contributed by atoms with Crippen LogP contribution in [0.3, 0.4) is 0 Å². The Bertz CT molecular complexity index is 218. The second-order valence-corrected chi connectivity index (χ2v) is 2.24. The van der Waals surface area contributed by atoms with Gasteiger partial charge in [0.1, 0.15) is 0 Å². The van der Waals surface area contributed by atoms with Gasteiger partial charge in [0, 0.05) is 24.7 Å². The largest absolute Gasteiger partial charge is 0.352 e. The molecule has 0 aromatic carbocycles.